The predicted molar refractivity (Wildman–Crippen MR) is 261 cm³/mol. The minimum atomic E-state index is 0.875. The first kappa shape index (κ1) is 35.7. The molecule has 0 aliphatic rings. The maximum atomic E-state index is 6.52. The van der Waals surface area contributed by atoms with Crippen molar-refractivity contribution in [3.63, 3.8) is 0 Å². The van der Waals surface area contributed by atoms with Gasteiger partial charge in [-0.05, 0) is 121 Å². The molecule has 10 aromatic carbocycles. The van der Waals surface area contributed by atoms with E-state index in [0.717, 1.165) is 38.8 Å². The molecule has 0 aliphatic carbocycles. The van der Waals surface area contributed by atoms with Crippen molar-refractivity contribution in [2.75, 3.05) is 0 Å². The lowest BCUT2D eigenvalue weighted by Crippen LogP contribution is -1.93. The summed E-state index contributed by atoms with van der Waals surface area (Å²) in [7, 11) is 0. The zero-order chi connectivity index (χ0) is 41.0. The molecule has 2 heterocycles. The number of nitrogens with zero attached hydrogens (tertiary/aromatic N) is 1. The van der Waals surface area contributed by atoms with Crippen LogP contribution in [0.15, 0.2) is 241 Å². The quantitative estimate of drug-likeness (QED) is 0.157. The average Bonchev–Trinajstić information content (AvgIpc) is 3.89. The molecule has 290 valence electrons. The number of fused-ring (bicyclic) bond motifs is 6. The molecule has 12 aromatic rings. The zero-order valence-electron chi connectivity index (χ0n) is 33.9. The monoisotopic (exact) mass is 789 g/mol. The third-order valence-electron chi connectivity index (χ3n) is 12.4. The largest absolute Gasteiger partial charge is 0.456 e. The average molecular weight is 790 g/mol. The van der Waals surface area contributed by atoms with Gasteiger partial charge in [0, 0.05) is 27.2 Å². The van der Waals surface area contributed by atoms with Gasteiger partial charge >= 0.3 is 0 Å². The lowest BCUT2D eigenvalue weighted by atomic mass is 9.84. The van der Waals surface area contributed by atoms with Crippen LogP contribution in [0.25, 0.3) is 116 Å². The van der Waals surface area contributed by atoms with E-state index in [-0.39, 0.29) is 0 Å². The molecule has 0 N–H and O–H groups in total. The number of aromatic nitrogens is 1. The molecule has 0 aliphatic heterocycles. The van der Waals surface area contributed by atoms with Crippen LogP contribution in [-0.4, -0.2) is 4.57 Å². The van der Waals surface area contributed by atoms with Crippen LogP contribution in [0.2, 0.25) is 0 Å². The molecule has 62 heavy (non-hydrogen) atoms. The number of hydrogen-bond donors (Lipinski definition) is 0. The highest BCUT2D eigenvalue weighted by atomic mass is 16.3. The topological polar surface area (TPSA) is 18.1 Å². The summed E-state index contributed by atoms with van der Waals surface area (Å²) in [6.45, 7) is 0. The van der Waals surface area contributed by atoms with Gasteiger partial charge in [0.25, 0.3) is 0 Å². The molecule has 12 rings (SSSR count). The van der Waals surface area contributed by atoms with Gasteiger partial charge in [0.2, 0.25) is 0 Å². The fraction of sp³-hybridized carbons (Fsp3) is 0. The third kappa shape index (κ3) is 6.04. The Labute approximate surface area is 360 Å². The van der Waals surface area contributed by atoms with Crippen molar-refractivity contribution >= 4 is 43.7 Å². The Morgan fingerprint density at radius 1 is 0.258 bits per heavy atom. The summed E-state index contributed by atoms with van der Waals surface area (Å²) < 4.78 is 8.91. The summed E-state index contributed by atoms with van der Waals surface area (Å²) in [6, 6.07) is 85.4. The van der Waals surface area contributed by atoms with E-state index in [1.54, 1.807) is 0 Å². The van der Waals surface area contributed by atoms with Crippen LogP contribution in [0.3, 0.4) is 0 Å². The van der Waals surface area contributed by atoms with Crippen molar-refractivity contribution < 1.29 is 4.42 Å². The van der Waals surface area contributed by atoms with Crippen molar-refractivity contribution in [2.24, 2.45) is 0 Å². The molecule has 0 fully saturated rings. The van der Waals surface area contributed by atoms with Crippen molar-refractivity contribution in [3.8, 4) is 72.4 Å². The summed E-state index contributed by atoms with van der Waals surface area (Å²) in [5, 5.41) is 4.66. The Balaban J connectivity index is 0.998. The summed E-state index contributed by atoms with van der Waals surface area (Å²) in [4.78, 5) is 0. The van der Waals surface area contributed by atoms with Gasteiger partial charge in [-0.15, -0.1) is 0 Å². The van der Waals surface area contributed by atoms with Crippen LogP contribution < -0.4 is 0 Å². The van der Waals surface area contributed by atoms with Gasteiger partial charge in [-0.25, -0.2) is 0 Å². The first-order chi connectivity index (χ1) is 30.7. The first-order valence-electron chi connectivity index (χ1n) is 21.2. The Bertz CT molecular complexity index is 3610. The Kier molecular flexibility index (Phi) is 8.53. The van der Waals surface area contributed by atoms with E-state index in [9.17, 15) is 0 Å². The van der Waals surface area contributed by atoms with Gasteiger partial charge < -0.3 is 8.98 Å². The summed E-state index contributed by atoms with van der Waals surface area (Å²) in [6.07, 6.45) is 0. The molecule has 2 aromatic heterocycles. The van der Waals surface area contributed by atoms with Crippen molar-refractivity contribution in [2.45, 2.75) is 0 Å². The second-order valence-electron chi connectivity index (χ2n) is 16.0. The van der Waals surface area contributed by atoms with Crippen molar-refractivity contribution in [1.29, 1.82) is 0 Å². The Hall–Kier alpha value is -8.20. The molecule has 0 amide bonds. The van der Waals surface area contributed by atoms with Crippen LogP contribution in [0.5, 0.6) is 0 Å². The number of para-hydroxylation sites is 1. The highest BCUT2D eigenvalue weighted by molar-refractivity contribution is 6.12. The van der Waals surface area contributed by atoms with Crippen molar-refractivity contribution in [3.05, 3.63) is 237 Å². The highest BCUT2D eigenvalue weighted by Gasteiger charge is 2.19. The first-order valence-corrected chi connectivity index (χ1v) is 21.2. The number of hydrogen-bond acceptors (Lipinski definition) is 1. The molecule has 0 radical (unpaired) electrons. The maximum Gasteiger partial charge on any atom is 0.135 e. The second-order valence-corrected chi connectivity index (χ2v) is 16.0. The zero-order valence-corrected chi connectivity index (χ0v) is 33.9. The standard InChI is InChI=1S/C60H39NO/c1-4-16-40(17-5-1)44-30-33-57-53(37-44)51-26-12-13-29-56(51)61(57)47-32-35-59-55(39-47)54-38-45(31-34-58(54)62-59)43-22-14-23-46(36-43)60-49(42-20-8-3-9-21-42)27-15-28-52(60)50-25-11-10-24-48(50)41-18-6-2-7-19-41/h1-39H. The van der Waals surface area contributed by atoms with Crippen LogP contribution in [-0.2, 0) is 0 Å². The van der Waals surface area contributed by atoms with Gasteiger partial charge in [-0.3, -0.25) is 0 Å². The van der Waals surface area contributed by atoms with E-state index in [4.69, 9.17) is 4.42 Å². The van der Waals surface area contributed by atoms with Gasteiger partial charge in [-0.1, -0.05) is 182 Å². The predicted octanol–water partition coefficient (Wildman–Crippen LogP) is 16.7. The molecule has 2 nitrogen and oxygen atoms in total. The highest BCUT2D eigenvalue weighted by Crippen LogP contribution is 2.45. The summed E-state index contributed by atoms with van der Waals surface area (Å²) >= 11 is 0. The SMILES string of the molecule is c1ccc(-c2ccc3c(c2)c2ccccc2n3-c2ccc3oc4ccc(-c5cccc(-c6c(-c7ccccc7)cccc6-c6ccccc6-c6ccccc6)c5)cc4c3c2)cc1. The fourth-order valence-corrected chi connectivity index (χ4v) is 9.53. The van der Waals surface area contributed by atoms with Crippen LogP contribution in [0.1, 0.15) is 0 Å². The normalized spacial score (nSPS) is 11.5. The maximum absolute atomic E-state index is 6.52. The van der Waals surface area contributed by atoms with Crippen LogP contribution in [0, 0.1) is 0 Å². The van der Waals surface area contributed by atoms with Crippen molar-refractivity contribution in [1.82, 2.24) is 4.57 Å². The number of benzene rings is 10. The lowest BCUT2D eigenvalue weighted by molar-refractivity contribution is 0.669. The van der Waals surface area contributed by atoms with E-state index in [1.165, 1.54) is 77.4 Å². The van der Waals surface area contributed by atoms with Gasteiger partial charge in [0.05, 0.1) is 11.0 Å². The van der Waals surface area contributed by atoms with E-state index < -0.39 is 0 Å². The van der Waals surface area contributed by atoms with Crippen LogP contribution >= 0.6 is 0 Å². The molecule has 0 bridgehead atoms. The fourth-order valence-electron chi connectivity index (χ4n) is 9.53. The molecular weight excluding hydrogens is 751 g/mol. The minimum absolute atomic E-state index is 0.875. The molecule has 0 unspecified atom stereocenters. The second kappa shape index (κ2) is 14.8. The molecule has 0 spiro atoms. The smallest absolute Gasteiger partial charge is 0.135 e. The summed E-state index contributed by atoms with van der Waals surface area (Å²) in [5.74, 6) is 0. The lowest BCUT2D eigenvalue weighted by Gasteiger charge is -2.19. The third-order valence-corrected chi connectivity index (χ3v) is 12.4. The molecule has 0 saturated heterocycles. The Morgan fingerprint density at radius 3 is 1.55 bits per heavy atom. The van der Waals surface area contributed by atoms with Crippen LogP contribution in [0.4, 0.5) is 0 Å². The van der Waals surface area contributed by atoms with Gasteiger partial charge in [0.15, 0.2) is 0 Å². The molecule has 0 atom stereocenters. The number of rotatable bonds is 7. The Morgan fingerprint density at radius 2 is 0.758 bits per heavy atom. The van der Waals surface area contributed by atoms with E-state index in [0.29, 0.717) is 0 Å². The number of furan rings is 1. The summed E-state index contributed by atoms with van der Waals surface area (Å²) in [5.41, 5.74) is 19.5. The van der Waals surface area contributed by atoms with Gasteiger partial charge in [-0.2, -0.15) is 0 Å². The van der Waals surface area contributed by atoms with E-state index in [2.05, 4.69) is 241 Å². The van der Waals surface area contributed by atoms with E-state index in [1.807, 2.05) is 0 Å². The molecule has 2 heteroatoms. The van der Waals surface area contributed by atoms with Gasteiger partial charge in [0.1, 0.15) is 11.2 Å². The molecular formula is C60H39NO. The van der Waals surface area contributed by atoms with E-state index >= 15 is 0 Å². The molecule has 0 saturated carbocycles. The minimum Gasteiger partial charge on any atom is -0.456 e.